The summed E-state index contributed by atoms with van der Waals surface area (Å²) >= 11 is 0. The number of rotatable bonds is 4. The fraction of sp³-hybridized carbons (Fsp3) is 0.381. The molecule has 130 valence electrons. The van der Waals surface area contributed by atoms with Gasteiger partial charge in [-0.3, -0.25) is 4.79 Å². The van der Waals surface area contributed by atoms with Crippen molar-refractivity contribution in [2.75, 3.05) is 11.9 Å². The molecule has 0 bridgehead atoms. The van der Waals surface area contributed by atoms with E-state index in [0.29, 0.717) is 18.7 Å². The fourth-order valence-corrected chi connectivity index (χ4v) is 3.96. The first-order valence-electron chi connectivity index (χ1n) is 9.04. The lowest BCUT2D eigenvalue weighted by Crippen LogP contribution is -2.44. The van der Waals surface area contributed by atoms with Crippen molar-refractivity contribution in [3.8, 4) is 0 Å². The van der Waals surface area contributed by atoms with E-state index >= 15 is 0 Å². The smallest absolute Gasteiger partial charge is 0.231 e. The molecule has 1 amide bonds. The van der Waals surface area contributed by atoms with Gasteiger partial charge in [-0.1, -0.05) is 42.8 Å². The molecule has 3 nitrogen and oxygen atoms in total. The maximum Gasteiger partial charge on any atom is 0.231 e. The largest absolute Gasteiger partial charge is 0.323 e. The van der Waals surface area contributed by atoms with E-state index < -0.39 is 5.41 Å². The second kappa shape index (κ2) is 6.60. The summed E-state index contributed by atoms with van der Waals surface area (Å²) in [5.41, 5.74) is 2.82. The third-order valence-corrected chi connectivity index (χ3v) is 5.63. The van der Waals surface area contributed by atoms with Gasteiger partial charge in [0.15, 0.2) is 0 Å². The number of amides is 1. The molecule has 1 saturated carbocycles. The van der Waals surface area contributed by atoms with Crippen LogP contribution in [0.25, 0.3) is 0 Å². The maximum atomic E-state index is 14.8. The van der Waals surface area contributed by atoms with Crippen molar-refractivity contribution in [1.29, 1.82) is 0 Å². The number of nitrogens with one attached hydrogen (secondary N) is 2. The monoisotopic (exact) mass is 338 g/mol. The number of anilines is 1. The van der Waals surface area contributed by atoms with Crippen molar-refractivity contribution < 1.29 is 9.18 Å². The second-order valence-electron chi connectivity index (χ2n) is 7.24. The quantitative estimate of drug-likeness (QED) is 0.890. The van der Waals surface area contributed by atoms with Crippen LogP contribution in [0.1, 0.15) is 36.0 Å². The summed E-state index contributed by atoms with van der Waals surface area (Å²) in [5.74, 6) is -0.308. The minimum absolute atomic E-state index is 0.0459. The van der Waals surface area contributed by atoms with Gasteiger partial charge in [-0.2, -0.15) is 0 Å². The Labute approximate surface area is 147 Å². The maximum absolute atomic E-state index is 14.8. The van der Waals surface area contributed by atoms with Crippen LogP contribution in [-0.4, -0.2) is 12.5 Å². The fourth-order valence-electron chi connectivity index (χ4n) is 3.96. The number of benzene rings is 2. The topological polar surface area (TPSA) is 41.1 Å². The molecule has 1 fully saturated rings. The molecule has 1 aliphatic heterocycles. The van der Waals surface area contributed by atoms with Gasteiger partial charge in [0, 0.05) is 6.54 Å². The summed E-state index contributed by atoms with van der Waals surface area (Å²) < 4.78 is 14.8. The molecule has 0 spiro atoms. The van der Waals surface area contributed by atoms with Crippen molar-refractivity contribution >= 4 is 11.6 Å². The van der Waals surface area contributed by atoms with Crippen LogP contribution >= 0.6 is 0 Å². The number of carbonyl (C=O) groups excluding carboxylic acids is 1. The minimum Gasteiger partial charge on any atom is -0.323 e. The van der Waals surface area contributed by atoms with Gasteiger partial charge in [-0.25, -0.2) is 4.39 Å². The summed E-state index contributed by atoms with van der Waals surface area (Å²) in [6.07, 6.45) is 4.17. The number of fused-ring (bicyclic) bond motifs is 1. The summed E-state index contributed by atoms with van der Waals surface area (Å²) in [5, 5.41) is 6.13. The zero-order valence-corrected chi connectivity index (χ0v) is 14.3. The van der Waals surface area contributed by atoms with Gasteiger partial charge in [0.2, 0.25) is 5.91 Å². The van der Waals surface area contributed by atoms with Crippen LogP contribution in [0.15, 0.2) is 42.5 Å². The van der Waals surface area contributed by atoms with Crippen molar-refractivity contribution in [1.82, 2.24) is 5.32 Å². The first-order valence-corrected chi connectivity index (χ1v) is 9.04. The molecule has 2 aromatic carbocycles. The van der Waals surface area contributed by atoms with Crippen molar-refractivity contribution in [2.24, 2.45) is 5.41 Å². The van der Waals surface area contributed by atoms with Crippen molar-refractivity contribution in [3.63, 3.8) is 0 Å². The SMILES string of the molecule is O=C(Nc1ccc2c(c1F)CCNC2)C1(Cc2ccccc2)CCC1. The molecule has 4 rings (SSSR count). The van der Waals surface area contributed by atoms with Gasteiger partial charge in [0.25, 0.3) is 0 Å². The molecule has 0 atom stereocenters. The van der Waals surface area contributed by atoms with Gasteiger partial charge in [-0.05, 0) is 55.0 Å². The average molecular weight is 338 g/mol. The van der Waals surface area contributed by atoms with E-state index in [-0.39, 0.29) is 11.7 Å². The average Bonchev–Trinajstić information content (AvgIpc) is 2.61. The predicted octanol–water partition coefficient (Wildman–Crippen LogP) is 3.82. The molecule has 25 heavy (non-hydrogen) atoms. The highest BCUT2D eigenvalue weighted by atomic mass is 19.1. The Morgan fingerprint density at radius 1 is 1.16 bits per heavy atom. The summed E-state index contributed by atoms with van der Waals surface area (Å²) in [6.45, 7) is 1.47. The van der Waals surface area contributed by atoms with Crippen LogP contribution in [0.2, 0.25) is 0 Å². The standard InChI is InChI=1S/C21H23FN2O/c22-19-17-9-12-23-14-16(17)7-8-18(19)24-20(25)21(10-4-11-21)13-15-5-2-1-3-6-15/h1-3,5-8,23H,4,9-14H2,(H,24,25). The zero-order chi connectivity index (χ0) is 17.3. The Kier molecular flexibility index (Phi) is 4.30. The highest BCUT2D eigenvalue weighted by Gasteiger charge is 2.44. The van der Waals surface area contributed by atoms with Gasteiger partial charge in [0.1, 0.15) is 5.82 Å². The highest BCUT2D eigenvalue weighted by Crippen LogP contribution is 2.45. The molecular weight excluding hydrogens is 315 g/mol. The van der Waals surface area contributed by atoms with Gasteiger partial charge < -0.3 is 10.6 Å². The molecule has 2 aromatic rings. The molecule has 0 radical (unpaired) electrons. The van der Waals surface area contributed by atoms with Gasteiger partial charge in [-0.15, -0.1) is 0 Å². The van der Waals surface area contributed by atoms with E-state index in [2.05, 4.69) is 22.8 Å². The van der Waals surface area contributed by atoms with E-state index in [1.807, 2.05) is 24.3 Å². The lowest BCUT2D eigenvalue weighted by Gasteiger charge is -2.40. The second-order valence-corrected chi connectivity index (χ2v) is 7.24. The summed E-state index contributed by atoms with van der Waals surface area (Å²) in [4.78, 5) is 13.0. The number of hydrogen-bond acceptors (Lipinski definition) is 2. The highest BCUT2D eigenvalue weighted by molar-refractivity contribution is 5.96. The van der Waals surface area contributed by atoms with Crippen LogP contribution in [0, 0.1) is 11.2 Å². The van der Waals surface area contributed by atoms with Crippen molar-refractivity contribution in [3.05, 3.63) is 65.0 Å². The first kappa shape index (κ1) is 16.3. The lowest BCUT2D eigenvalue weighted by molar-refractivity contribution is -0.130. The van der Waals surface area contributed by atoms with E-state index in [9.17, 15) is 9.18 Å². The summed E-state index contributed by atoms with van der Waals surface area (Å²) in [7, 11) is 0. The molecule has 1 heterocycles. The Balaban J connectivity index is 1.55. The molecule has 1 aliphatic carbocycles. The normalized spacial score (nSPS) is 18.1. The van der Waals surface area contributed by atoms with Gasteiger partial charge in [0.05, 0.1) is 11.1 Å². The van der Waals surface area contributed by atoms with Gasteiger partial charge >= 0.3 is 0 Å². The zero-order valence-electron chi connectivity index (χ0n) is 14.3. The van der Waals surface area contributed by atoms with Crippen LogP contribution < -0.4 is 10.6 Å². The van der Waals surface area contributed by atoms with Crippen LogP contribution in [0.3, 0.4) is 0 Å². The van der Waals surface area contributed by atoms with E-state index in [1.54, 1.807) is 6.07 Å². The van der Waals surface area contributed by atoms with E-state index in [1.165, 1.54) is 0 Å². The molecule has 2 N–H and O–H groups in total. The Bertz CT molecular complexity index is 784. The molecule has 4 heteroatoms. The molecule has 2 aliphatic rings. The molecular formula is C21H23FN2O. The Hall–Kier alpha value is -2.20. The van der Waals surface area contributed by atoms with Crippen LogP contribution in [-0.2, 0) is 24.2 Å². The third kappa shape index (κ3) is 3.07. The first-order chi connectivity index (χ1) is 12.2. The third-order valence-electron chi connectivity index (χ3n) is 5.63. The number of halogens is 1. The van der Waals surface area contributed by atoms with E-state index in [0.717, 1.165) is 48.9 Å². The molecule has 0 aromatic heterocycles. The lowest BCUT2D eigenvalue weighted by atomic mass is 9.64. The van der Waals surface area contributed by atoms with Crippen LogP contribution in [0.4, 0.5) is 10.1 Å². The number of carbonyl (C=O) groups is 1. The van der Waals surface area contributed by atoms with E-state index in [4.69, 9.17) is 0 Å². The van der Waals surface area contributed by atoms with Crippen molar-refractivity contribution in [2.45, 2.75) is 38.6 Å². The Morgan fingerprint density at radius 2 is 1.96 bits per heavy atom. The Morgan fingerprint density at radius 3 is 2.68 bits per heavy atom. The number of hydrogen-bond donors (Lipinski definition) is 2. The molecule has 0 unspecified atom stereocenters. The van der Waals surface area contributed by atoms with Crippen LogP contribution in [0.5, 0.6) is 0 Å². The minimum atomic E-state index is -0.398. The predicted molar refractivity (Wildman–Crippen MR) is 96.9 cm³/mol. The molecule has 0 saturated heterocycles. The summed E-state index contributed by atoms with van der Waals surface area (Å²) in [6, 6.07) is 13.7.